The summed E-state index contributed by atoms with van der Waals surface area (Å²) in [4.78, 5) is 6.94. The molecule has 0 radical (unpaired) electrons. The van der Waals surface area contributed by atoms with Crippen LogP contribution in [0.15, 0.2) is 30.5 Å². The van der Waals surface area contributed by atoms with Gasteiger partial charge in [0.2, 0.25) is 0 Å². The number of aromatic nitrogens is 1. The lowest BCUT2D eigenvalue weighted by Gasteiger charge is -2.21. The predicted molar refractivity (Wildman–Crippen MR) is 89.5 cm³/mol. The Balaban J connectivity index is 1.66. The van der Waals surface area contributed by atoms with Crippen molar-refractivity contribution in [2.75, 3.05) is 37.2 Å². The van der Waals surface area contributed by atoms with Crippen molar-refractivity contribution in [1.82, 2.24) is 9.88 Å². The third kappa shape index (κ3) is 3.27. The van der Waals surface area contributed by atoms with Crippen molar-refractivity contribution in [2.24, 2.45) is 5.92 Å². The molecule has 0 bridgehead atoms. The maximum atomic E-state index is 5.99. The minimum absolute atomic E-state index is 0.632. The summed E-state index contributed by atoms with van der Waals surface area (Å²) < 4.78 is 0. The molecule has 2 heterocycles. The van der Waals surface area contributed by atoms with E-state index in [1.807, 2.05) is 12.1 Å². The van der Waals surface area contributed by atoms with Gasteiger partial charge in [-0.3, -0.25) is 4.98 Å². The molecule has 4 heteroatoms. The van der Waals surface area contributed by atoms with Crippen LogP contribution in [0.5, 0.6) is 0 Å². The SMILES string of the molecule is CC(CNc1ccc(N)c2ncccc12)CN1CCCC1. The first kappa shape index (κ1) is 14.1. The molecule has 0 amide bonds. The lowest BCUT2D eigenvalue weighted by molar-refractivity contribution is 0.294. The highest BCUT2D eigenvalue weighted by molar-refractivity contribution is 5.98. The molecule has 2 aromatic rings. The minimum Gasteiger partial charge on any atom is -0.397 e. The second-order valence-electron chi connectivity index (χ2n) is 6.10. The molecule has 112 valence electrons. The number of benzene rings is 1. The minimum atomic E-state index is 0.632. The van der Waals surface area contributed by atoms with Crippen molar-refractivity contribution >= 4 is 22.3 Å². The van der Waals surface area contributed by atoms with Gasteiger partial charge in [0.05, 0.1) is 11.2 Å². The quantitative estimate of drug-likeness (QED) is 0.829. The van der Waals surface area contributed by atoms with E-state index in [4.69, 9.17) is 5.73 Å². The third-order valence-electron chi connectivity index (χ3n) is 4.21. The van der Waals surface area contributed by atoms with E-state index in [9.17, 15) is 0 Å². The summed E-state index contributed by atoms with van der Waals surface area (Å²) in [7, 11) is 0. The second kappa shape index (κ2) is 6.31. The number of fused-ring (bicyclic) bond motifs is 1. The van der Waals surface area contributed by atoms with Gasteiger partial charge in [0, 0.05) is 30.4 Å². The number of nitrogens with two attached hydrogens (primary N) is 1. The van der Waals surface area contributed by atoms with Crippen molar-refractivity contribution in [3.05, 3.63) is 30.5 Å². The number of likely N-dealkylation sites (tertiary alicyclic amines) is 1. The first-order chi connectivity index (χ1) is 10.2. The van der Waals surface area contributed by atoms with Crippen LogP contribution in [0, 0.1) is 5.92 Å². The summed E-state index contributed by atoms with van der Waals surface area (Å²) in [5, 5.41) is 4.67. The van der Waals surface area contributed by atoms with Crippen molar-refractivity contribution < 1.29 is 0 Å². The second-order valence-corrected chi connectivity index (χ2v) is 6.10. The fourth-order valence-electron chi connectivity index (χ4n) is 3.10. The number of pyridine rings is 1. The van der Waals surface area contributed by atoms with Gasteiger partial charge in [-0.05, 0) is 56.1 Å². The number of nitrogens with zero attached hydrogens (tertiary/aromatic N) is 2. The Morgan fingerprint density at radius 1 is 1.29 bits per heavy atom. The van der Waals surface area contributed by atoms with Crippen LogP contribution in [0.3, 0.4) is 0 Å². The van der Waals surface area contributed by atoms with Crippen LogP contribution in [-0.2, 0) is 0 Å². The standard InChI is InChI=1S/C17H24N4/c1-13(12-21-9-2-3-10-21)11-20-16-7-6-15(18)17-14(16)5-4-8-19-17/h4-8,13,20H,2-3,9-12,18H2,1H3. The molecule has 1 aromatic heterocycles. The molecule has 21 heavy (non-hydrogen) atoms. The van der Waals surface area contributed by atoms with E-state index in [-0.39, 0.29) is 0 Å². The average Bonchev–Trinajstić information content (AvgIpc) is 3.00. The third-order valence-corrected chi connectivity index (χ3v) is 4.21. The Labute approximate surface area is 126 Å². The van der Waals surface area contributed by atoms with Gasteiger partial charge in [0.1, 0.15) is 0 Å². The summed E-state index contributed by atoms with van der Waals surface area (Å²) in [5.74, 6) is 0.632. The van der Waals surface area contributed by atoms with Gasteiger partial charge in [-0.1, -0.05) is 6.92 Å². The van der Waals surface area contributed by atoms with Gasteiger partial charge in [-0.15, -0.1) is 0 Å². The van der Waals surface area contributed by atoms with E-state index in [0.717, 1.165) is 28.8 Å². The van der Waals surface area contributed by atoms with Crippen LogP contribution in [0.25, 0.3) is 10.9 Å². The highest BCUT2D eigenvalue weighted by Crippen LogP contribution is 2.26. The van der Waals surface area contributed by atoms with E-state index in [1.54, 1.807) is 6.20 Å². The molecule has 1 unspecified atom stereocenters. The van der Waals surface area contributed by atoms with Crippen molar-refractivity contribution in [3.63, 3.8) is 0 Å². The fourth-order valence-corrected chi connectivity index (χ4v) is 3.10. The summed E-state index contributed by atoms with van der Waals surface area (Å²) >= 11 is 0. The largest absolute Gasteiger partial charge is 0.397 e. The molecule has 1 fully saturated rings. The lowest BCUT2D eigenvalue weighted by Crippen LogP contribution is -2.28. The van der Waals surface area contributed by atoms with E-state index < -0.39 is 0 Å². The van der Waals surface area contributed by atoms with Crippen LogP contribution in [0.4, 0.5) is 11.4 Å². The molecule has 4 nitrogen and oxygen atoms in total. The normalized spacial score (nSPS) is 17.2. The molecule has 1 saturated heterocycles. The lowest BCUT2D eigenvalue weighted by atomic mass is 10.1. The number of hydrogen-bond acceptors (Lipinski definition) is 4. The van der Waals surface area contributed by atoms with E-state index >= 15 is 0 Å². The van der Waals surface area contributed by atoms with Gasteiger partial charge in [0.25, 0.3) is 0 Å². The summed E-state index contributed by atoms with van der Waals surface area (Å²) in [6.45, 7) is 6.99. The average molecular weight is 284 g/mol. The van der Waals surface area contributed by atoms with Crippen molar-refractivity contribution in [2.45, 2.75) is 19.8 Å². The number of nitrogens with one attached hydrogen (secondary N) is 1. The Kier molecular flexibility index (Phi) is 4.25. The number of nitrogen functional groups attached to an aromatic ring is 1. The summed E-state index contributed by atoms with van der Waals surface area (Å²) in [5.41, 5.74) is 8.74. The molecule has 0 aliphatic carbocycles. The Bertz CT molecular complexity index is 605. The number of anilines is 2. The van der Waals surface area contributed by atoms with Gasteiger partial charge in [-0.2, -0.15) is 0 Å². The van der Waals surface area contributed by atoms with E-state index in [2.05, 4.69) is 34.3 Å². The van der Waals surface area contributed by atoms with Crippen molar-refractivity contribution in [1.29, 1.82) is 0 Å². The first-order valence-corrected chi connectivity index (χ1v) is 7.83. The molecular formula is C17H24N4. The van der Waals surface area contributed by atoms with Gasteiger partial charge < -0.3 is 16.0 Å². The number of rotatable bonds is 5. The molecule has 1 aliphatic rings. The summed E-state index contributed by atoms with van der Waals surface area (Å²) in [6, 6.07) is 8.03. The van der Waals surface area contributed by atoms with Gasteiger partial charge in [0.15, 0.2) is 0 Å². The maximum Gasteiger partial charge on any atom is 0.0951 e. The predicted octanol–water partition coefficient (Wildman–Crippen LogP) is 2.96. The zero-order chi connectivity index (χ0) is 14.7. The zero-order valence-electron chi connectivity index (χ0n) is 12.7. The molecule has 1 aromatic carbocycles. The summed E-state index contributed by atoms with van der Waals surface area (Å²) in [6.07, 6.45) is 4.50. The van der Waals surface area contributed by atoms with Crippen LogP contribution in [-0.4, -0.2) is 36.1 Å². The first-order valence-electron chi connectivity index (χ1n) is 7.83. The smallest absolute Gasteiger partial charge is 0.0951 e. The monoisotopic (exact) mass is 284 g/mol. The highest BCUT2D eigenvalue weighted by Gasteiger charge is 2.14. The van der Waals surface area contributed by atoms with Crippen LogP contribution < -0.4 is 11.1 Å². The van der Waals surface area contributed by atoms with E-state index in [0.29, 0.717) is 5.92 Å². The van der Waals surface area contributed by atoms with Crippen LogP contribution in [0.1, 0.15) is 19.8 Å². The van der Waals surface area contributed by atoms with Crippen molar-refractivity contribution in [3.8, 4) is 0 Å². The maximum absolute atomic E-state index is 5.99. The molecule has 3 rings (SSSR count). The fraction of sp³-hybridized carbons (Fsp3) is 0.471. The highest BCUT2D eigenvalue weighted by atomic mass is 15.1. The van der Waals surface area contributed by atoms with E-state index in [1.165, 1.54) is 32.5 Å². The van der Waals surface area contributed by atoms with Crippen LogP contribution >= 0.6 is 0 Å². The van der Waals surface area contributed by atoms with Gasteiger partial charge in [-0.25, -0.2) is 0 Å². The number of hydrogen-bond donors (Lipinski definition) is 2. The Hall–Kier alpha value is -1.81. The molecule has 3 N–H and O–H groups in total. The Morgan fingerprint density at radius 2 is 2.10 bits per heavy atom. The molecule has 1 atom stereocenters. The Morgan fingerprint density at radius 3 is 2.90 bits per heavy atom. The molecule has 1 aliphatic heterocycles. The molecule has 0 saturated carbocycles. The van der Waals surface area contributed by atoms with Gasteiger partial charge >= 0.3 is 0 Å². The zero-order valence-corrected chi connectivity index (χ0v) is 12.7. The molecule has 0 spiro atoms. The topological polar surface area (TPSA) is 54.2 Å². The van der Waals surface area contributed by atoms with Crippen LogP contribution in [0.2, 0.25) is 0 Å². The molecular weight excluding hydrogens is 260 g/mol.